The quantitative estimate of drug-likeness (QED) is 0.205. The van der Waals surface area contributed by atoms with Gasteiger partial charge in [0.05, 0.1) is 31.8 Å². The fourth-order valence-electron chi connectivity index (χ4n) is 4.00. The Balaban J connectivity index is 1.57. The first-order chi connectivity index (χ1) is 17.2. The summed E-state index contributed by atoms with van der Waals surface area (Å²) in [5, 5.41) is 9.18. The number of nitrogens with zero attached hydrogens (tertiary/aromatic N) is 1. The number of ether oxygens (including phenoxy) is 2. The van der Waals surface area contributed by atoms with E-state index in [1.807, 2.05) is 60.7 Å². The first-order valence-corrected chi connectivity index (χ1v) is 12.2. The molecule has 180 valence electrons. The minimum Gasteiger partial charge on any atom is -0.493 e. The van der Waals surface area contributed by atoms with Crippen molar-refractivity contribution in [2.75, 3.05) is 13.7 Å². The smallest absolute Gasteiger partial charge is 0.306 e. The zero-order valence-corrected chi connectivity index (χ0v) is 20.4. The fraction of sp³-hybridized carbons (Fsp3) is 0.290. The lowest BCUT2D eigenvalue weighted by atomic mass is 9.94. The summed E-state index contributed by atoms with van der Waals surface area (Å²) in [5.74, 6) is 0.536. The van der Waals surface area contributed by atoms with E-state index in [4.69, 9.17) is 9.47 Å². The molecule has 1 atom stereocenters. The van der Waals surface area contributed by atoms with Gasteiger partial charge in [-0.15, -0.1) is 0 Å². The lowest BCUT2D eigenvalue weighted by molar-refractivity contribution is -0.141. The highest BCUT2D eigenvalue weighted by Crippen LogP contribution is 2.23. The van der Waals surface area contributed by atoms with Crippen LogP contribution < -0.4 is 4.74 Å². The summed E-state index contributed by atoms with van der Waals surface area (Å²) in [6.07, 6.45) is 9.35. The average molecular weight is 468 g/mol. The number of unbranched alkanes of at least 4 members (excludes halogenated alkanes) is 2. The number of para-hydroxylation sites is 1. The van der Waals surface area contributed by atoms with Crippen LogP contribution >= 0.6 is 0 Å². The Kier molecular flexibility index (Phi) is 10.6. The lowest BCUT2D eigenvalue weighted by Crippen LogP contribution is -2.10. The molecule has 0 amide bonds. The first kappa shape index (κ1) is 25.8. The van der Waals surface area contributed by atoms with Crippen LogP contribution in [0.1, 0.15) is 47.9 Å². The minimum atomic E-state index is -0.254. The second kappa shape index (κ2) is 14.4. The van der Waals surface area contributed by atoms with Gasteiger partial charge in [-0.2, -0.15) is 5.26 Å². The second-order valence-electron chi connectivity index (χ2n) is 8.60. The van der Waals surface area contributed by atoms with Crippen molar-refractivity contribution in [2.45, 2.75) is 38.5 Å². The van der Waals surface area contributed by atoms with Crippen molar-refractivity contribution in [2.24, 2.45) is 5.92 Å². The SMILES string of the molecule is COC(=O)CC(/C=C/c1ccccc1OCCCCCc1ccccc1)Cc1cccc(C#N)c1. The van der Waals surface area contributed by atoms with Gasteiger partial charge in [0.15, 0.2) is 0 Å². The zero-order valence-electron chi connectivity index (χ0n) is 20.4. The highest BCUT2D eigenvalue weighted by atomic mass is 16.5. The second-order valence-corrected chi connectivity index (χ2v) is 8.60. The number of nitriles is 1. The first-order valence-electron chi connectivity index (χ1n) is 12.2. The number of allylic oxidation sites excluding steroid dienone is 1. The van der Waals surface area contributed by atoms with Gasteiger partial charge < -0.3 is 9.47 Å². The number of rotatable bonds is 13. The van der Waals surface area contributed by atoms with Crippen LogP contribution in [0.4, 0.5) is 0 Å². The molecular weight excluding hydrogens is 434 g/mol. The molecule has 1 unspecified atom stereocenters. The third kappa shape index (κ3) is 9.14. The predicted octanol–water partition coefficient (Wildman–Crippen LogP) is 6.79. The Bertz CT molecular complexity index is 1130. The number of aryl methyl sites for hydroxylation is 1. The molecule has 0 aliphatic carbocycles. The van der Waals surface area contributed by atoms with E-state index >= 15 is 0 Å². The van der Waals surface area contributed by atoms with Crippen molar-refractivity contribution in [3.63, 3.8) is 0 Å². The van der Waals surface area contributed by atoms with Gasteiger partial charge in [0.2, 0.25) is 0 Å². The number of esters is 1. The van der Waals surface area contributed by atoms with Crippen molar-refractivity contribution in [1.29, 1.82) is 5.26 Å². The molecule has 0 spiro atoms. The number of carbonyl (C=O) groups excluding carboxylic acids is 1. The Morgan fingerprint density at radius 3 is 2.51 bits per heavy atom. The van der Waals surface area contributed by atoms with Crippen molar-refractivity contribution < 1.29 is 14.3 Å². The average Bonchev–Trinajstić information content (AvgIpc) is 2.90. The molecule has 0 radical (unpaired) electrons. The molecule has 3 aromatic rings. The molecular formula is C31H33NO3. The maximum Gasteiger partial charge on any atom is 0.306 e. The third-order valence-electron chi connectivity index (χ3n) is 5.89. The molecule has 4 heteroatoms. The predicted molar refractivity (Wildman–Crippen MR) is 140 cm³/mol. The summed E-state index contributed by atoms with van der Waals surface area (Å²) in [4.78, 5) is 12.0. The third-order valence-corrected chi connectivity index (χ3v) is 5.89. The molecule has 35 heavy (non-hydrogen) atoms. The molecule has 0 heterocycles. The van der Waals surface area contributed by atoms with Gasteiger partial charge in [-0.1, -0.05) is 72.8 Å². The molecule has 0 aromatic heterocycles. The molecule has 0 saturated heterocycles. The van der Waals surface area contributed by atoms with Gasteiger partial charge >= 0.3 is 5.97 Å². The van der Waals surface area contributed by atoms with Gasteiger partial charge in [-0.05, 0) is 67.3 Å². The molecule has 0 fully saturated rings. The topological polar surface area (TPSA) is 59.3 Å². The molecule has 0 bridgehead atoms. The van der Waals surface area contributed by atoms with Gasteiger partial charge in [0.25, 0.3) is 0 Å². The van der Waals surface area contributed by atoms with E-state index in [1.165, 1.54) is 12.7 Å². The Morgan fingerprint density at radius 2 is 1.71 bits per heavy atom. The van der Waals surface area contributed by atoms with Crippen LogP contribution in [0.25, 0.3) is 6.08 Å². The summed E-state index contributed by atoms with van der Waals surface area (Å²) >= 11 is 0. The Hall–Kier alpha value is -3.84. The van der Waals surface area contributed by atoms with E-state index in [-0.39, 0.29) is 18.3 Å². The van der Waals surface area contributed by atoms with E-state index in [2.05, 4.69) is 30.3 Å². The van der Waals surface area contributed by atoms with Crippen LogP contribution in [0.2, 0.25) is 0 Å². The number of benzene rings is 3. The lowest BCUT2D eigenvalue weighted by Gasteiger charge is -2.13. The molecule has 3 aromatic carbocycles. The summed E-state index contributed by atoms with van der Waals surface area (Å²) in [5.41, 5.74) is 4.00. The van der Waals surface area contributed by atoms with Crippen LogP contribution in [0.5, 0.6) is 5.75 Å². The molecule has 0 N–H and O–H groups in total. The molecule has 3 rings (SSSR count). The number of hydrogen-bond acceptors (Lipinski definition) is 4. The summed E-state index contributed by atoms with van der Waals surface area (Å²) in [6.45, 7) is 0.673. The molecule has 0 saturated carbocycles. The minimum absolute atomic E-state index is 0.0533. The number of carbonyl (C=O) groups is 1. The van der Waals surface area contributed by atoms with Crippen molar-refractivity contribution in [3.05, 3.63) is 107 Å². The van der Waals surface area contributed by atoms with Crippen LogP contribution in [0.3, 0.4) is 0 Å². The van der Waals surface area contributed by atoms with Crippen LogP contribution in [-0.2, 0) is 22.4 Å². The standard InChI is InChI=1S/C31H33NO3/c1-34-31(33)23-27(21-26-14-10-15-28(22-26)24-32)18-19-29-16-7-8-17-30(29)35-20-9-3-6-13-25-11-4-2-5-12-25/h2,4-5,7-8,10-12,14-19,22,27H,3,6,9,13,20-21,23H2,1H3/b19-18+. The van der Waals surface area contributed by atoms with E-state index < -0.39 is 0 Å². The van der Waals surface area contributed by atoms with Crippen LogP contribution in [0.15, 0.2) is 84.9 Å². The summed E-state index contributed by atoms with van der Waals surface area (Å²) < 4.78 is 11.0. The number of hydrogen-bond donors (Lipinski definition) is 0. The summed E-state index contributed by atoms with van der Waals surface area (Å²) in [6, 6.07) is 28.2. The van der Waals surface area contributed by atoms with Crippen LogP contribution in [0, 0.1) is 17.2 Å². The highest BCUT2D eigenvalue weighted by molar-refractivity contribution is 5.70. The molecule has 0 aliphatic heterocycles. The van der Waals surface area contributed by atoms with E-state index in [0.717, 1.165) is 42.6 Å². The molecule has 0 aliphatic rings. The van der Waals surface area contributed by atoms with Crippen LogP contribution in [-0.4, -0.2) is 19.7 Å². The largest absolute Gasteiger partial charge is 0.493 e. The van der Waals surface area contributed by atoms with Gasteiger partial charge in [0.1, 0.15) is 5.75 Å². The maximum atomic E-state index is 12.0. The van der Waals surface area contributed by atoms with Crippen molar-refractivity contribution in [3.8, 4) is 11.8 Å². The van der Waals surface area contributed by atoms with E-state index in [1.54, 1.807) is 6.07 Å². The van der Waals surface area contributed by atoms with E-state index in [0.29, 0.717) is 18.6 Å². The normalized spacial score (nSPS) is 11.7. The van der Waals surface area contributed by atoms with Gasteiger partial charge in [-0.3, -0.25) is 4.79 Å². The van der Waals surface area contributed by atoms with Gasteiger partial charge in [0, 0.05) is 5.56 Å². The Morgan fingerprint density at radius 1 is 0.943 bits per heavy atom. The summed E-state index contributed by atoms with van der Waals surface area (Å²) in [7, 11) is 1.41. The molecule has 4 nitrogen and oxygen atoms in total. The Labute approximate surface area is 208 Å². The number of methoxy groups -OCH3 is 1. The zero-order chi connectivity index (χ0) is 24.7. The fourth-order valence-corrected chi connectivity index (χ4v) is 4.00. The highest BCUT2D eigenvalue weighted by Gasteiger charge is 2.13. The van der Waals surface area contributed by atoms with Crippen molar-refractivity contribution in [1.82, 2.24) is 0 Å². The monoisotopic (exact) mass is 467 g/mol. The van der Waals surface area contributed by atoms with Gasteiger partial charge in [-0.25, -0.2) is 0 Å². The maximum absolute atomic E-state index is 12.0. The van der Waals surface area contributed by atoms with Crippen molar-refractivity contribution >= 4 is 12.0 Å². The van der Waals surface area contributed by atoms with E-state index in [9.17, 15) is 10.1 Å².